The van der Waals surface area contributed by atoms with E-state index in [-0.39, 0.29) is 28.1 Å². The van der Waals surface area contributed by atoms with Gasteiger partial charge in [0.2, 0.25) is 5.91 Å². The Hall–Kier alpha value is -1.57. The Morgan fingerprint density at radius 3 is 2.38 bits per heavy atom. The third kappa shape index (κ3) is 4.73. The van der Waals surface area contributed by atoms with E-state index in [9.17, 15) is 14.9 Å². The van der Waals surface area contributed by atoms with Crippen molar-refractivity contribution in [3.8, 4) is 5.75 Å². The molecule has 0 aliphatic rings. The zero-order valence-corrected chi connectivity index (χ0v) is 12.8. The number of halogens is 2. The molecule has 0 saturated carbocycles. The van der Waals surface area contributed by atoms with Gasteiger partial charge in [-0.15, -0.1) is 0 Å². The Bertz CT molecular complexity index is 540. The van der Waals surface area contributed by atoms with E-state index in [2.05, 4.69) is 0 Å². The third-order valence-electron chi connectivity index (χ3n) is 2.84. The number of non-ortho nitro benzene ring substituents is 1. The predicted molar refractivity (Wildman–Crippen MR) is 79.6 cm³/mol. The maximum Gasteiger partial charge on any atom is 0.272 e. The molecule has 0 spiro atoms. The first-order valence-corrected chi connectivity index (χ1v) is 6.76. The number of rotatable bonds is 7. The van der Waals surface area contributed by atoms with E-state index >= 15 is 0 Å². The first-order chi connectivity index (χ1) is 9.65. The topological polar surface area (TPSA) is 121 Å². The fourth-order valence-corrected chi connectivity index (χ4v) is 2.11. The van der Waals surface area contributed by atoms with Crippen LogP contribution < -0.4 is 16.2 Å². The summed E-state index contributed by atoms with van der Waals surface area (Å²) in [6, 6.07) is 2.30. The Labute approximate surface area is 131 Å². The van der Waals surface area contributed by atoms with Gasteiger partial charge in [0.1, 0.15) is 0 Å². The van der Waals surface area contributed by atoms with Gasteiger partial charge in [0.25, 0.3) is 5.69 Å². The van der Waals surface area contributed by atoms with Crippen molar-refractivity contribution in [1.29, 1.82) is 0 Å². The quantitative estimate of drug-likeness (QED) is 0.449. The number of nitro benzene ring substituents is 1. The van der Waals surface area contributed by atoms with Crippen molar-refractivity contribution in [3.63, 3.8) is 0 Å². The standard InChI is InChI=1S/C12H15Cl2N3O4/c1-12(16,11(15)18)3-2-4-21-10-8(13)5-7(17(19)20)6-9(10)14/h5-6H,2-4,16H2,1H3,(H2,15,18). The van der Waals surface area contributed by atoms with Crippen molar-refractivity contribution < 1.29 is 14.5 Å². The van der Waals surface area contributed by atoms with Crippen LogP contribution in [-0.4, -0.2) is 23.0 Å². The minimum absolute atomic E-state index is 0.0413. The molecule has 1 rings (SSSR count). The molecule has 4 N–H and O–H groups in total. The molecule has 7 nitrogen and oxygen atoms in total. The molecule has 1 atom stereocenters. The van der Waals surface area contributed by atoms with E-state index in [1.54, 1.807) is 0 Å². The summed E-state index contributed by atoms with van der Waals surface area (Å²) in [6.07, 6.45) is 0.768. The zero-order valence-electron chi connectivity index (χ0n) is 11.3. The molecule has 0 heterocycles. The lowest BCUT2D eigenvalue weighted by Crippen LogP contribution is -2.49. The molecule has 0 radical (unpaired) electrons. The number of hydrogen-bond donors (Lipinski definition) is 2. The van der Waals surface area contributed by atoms with Gasteiger partial charge in [-0.3, -0.25) is 14.9 Å². The number of nitro groups is 1. The third-order valence-corrected chi connectivity index (χ3v) is 3.41. The molecule has 0 fully saturated rings. The molecule has 1 unspecified atom stereocenters. The van der Waals surface area contributed by atoms with Crippen LogP contribution in [0.4, 0.5) is 5.69 Å². The zero-order chi connectivity index (χ0) is 16.2. The molecule has 1 aromatic rings. The molecule has 1 amide bonds. The lowest BCUT2D eigenvalue weighted by Gasteiger charge is -2.20. The summed E-state index contributed by atoms with van der Waals surface area (Å²) in [5, 5.41) is 10.7. The molecule has 1 aromatic carbocycles. The number of amides is 1. The molecule has 0 aromatic heterocycles. The maximum absolute atomic E-state index is 11.0. The van der Waals surface area contributed by atoms with Crippen LogP contribution in [0.2, 0.25) is 10.0 Å². The highest BCUT2D eigenvalue weighted by Gasteiger charge is 2.25. The number of primary amides is 1. The number of benzene rings is 1. The first-order valence-electron chi connectivity index (χ1n) is 6.00. The molecule has 0 saturated heterocycles. The van der Waals surface area contributed by atoms with E-state index in [4.69, 9.17) is 39.4 Å². The van der Waals surface area contributed by atoms with Crippen LogP contribution in [0.3, 0.4) is 0 Å². The Balaban J connectivity index is 2.65. The summed E-state index contributed by atoms with van der Waals surface area (Å²) in [5.74, 6) is -0.448. The predicted octanol–water partition coefficient (Wildman–Crippen LogP) is 2.26. The summed E-state index contributed by atoms with van der Waals surface area (Å²) in [6.45, 7) is 1.72. The highest BCUT2D eigenvalue weighted by molar-refractivity contribution is 6.37. The number of nitrogens with two attached hydrogens (primary N) is 2. The van der Waals surface area contributed by atoms with Crippen molar-refractivity contribution in [2.75, 3.05) is 6.61 Å². The van der Waals surface area contributed by atoms with Crippen molar-refractivity contribution in [2.24, 2.45) is 11.5 Å². The highest BCUT2D eigenvalue weighted by atomic mass is 35.5. The monoisotopic (exact) mass is 335 g/mol. The number of carbonyl (C=O) groups excluding carboxylic acids is 1. The van der Waals surface area contributed by atoms with Crippen molar-refractivity contribution in [3.05, 3.63) is 32.3 Å². The van der Waals surface area contributed by atoms with Gasteiger partial charge >= 0.3 is 0 Å². The van der Waals surface area contributed by atoms with Crippen LogP contribution in [0, 0.1) is 10.1 Å². The molecule has 9 heteroatoms. The van der Waals surface area contributed by atoms with E-state index in [0.29, 0.717) is 12.8 Å². The van der Waals surface area contributed by atoms with Crippen molar-refractivity contribution in [1.82, 2.24) is 0 Å². The Morgan fingerprint density at radius 1 is 1.43 bits per heavy atom. The minimum Gasteiger partial charge on any atom is -0.490 e. The van der Waals surface area contributed by atoms with Gasteiger partial charge in [-0.25, -0.2) is 0 Å². The molecular formula is C12H15Cl2N3O4. The fourth-order valence-electron chi connectivity index (χ4n) is 1.53. The normalized spacial score (nSPS) is 13.5. The summed E-state index contributed by atoms with van der Waals surface area (Å²) in [5.41, 5.74) is 9.50. The number of hydrogen-bond acceptors (Lipinski definition) is 5. The molecule has 0 aliphatic heterocycles. The fraction of sp³-hybridized carbons (Fsp3) is 0.417. The van der Waals surface area contributed by atoms with Crippen LogP contribution in [0.15, 0.2) is 12.1 Å². The average molecular weight is 336 g/mol. The second kappa shape index (κ2) is 6.93. The molecule has 0 aliphatic carbocycles. The van der Waals surface area contributed by atoms with Crippen LogP contribution in [0.25, 0.3) is 0 Å². The van der Waals surface area contributed by atoms with Crippen molar-refractivity contribution >= 4 is 34.8 Å². The second-order valence-corrected chi connectivity index (χ2v) is 5.54. The van der Waals surface area contributed by atoms with Crippen LogP contribution in [0.5, 0.6) is 5.75 Å². The second-order valence-electron chi connectivity index (χ2n) is 4.73. The van der Waals surface area contributed by atoms with Gasteiger partial charge in [-0.2, -0.15) is 0 Å². The van der Waals surface area contributed by atoms with Crippen LogP contribution in [0.1, 0.15) is 19.8 Å². The maximum atomic E-state index is 11.0. The van der Waals surface area contributed by atoms with Crippen LogP contribution >= 0.6 is 23.2 Å². The summed E-state index contributed by atoms with van der Waals surface area (Å²) >= 11 is 11.8. The lowest BCUT2D eigenvalue weighted by atomic mass is 9.97. The van der Waals surface area contributed by atoms with E-state index in [1.807, 2.05) is 0 Å². The number of ether oxygens (including phenoxy) is 1. The van der Waals surface area contributed by atoms with Gasteiger partial charge in [0, 0.05) is 12.1 Å². The molecule has 21 heavy (non-hydrogen) atoms. The minimum atomic E-state index is -1.12. The Kier molecular flexibility index (Phi) is 5.77. The summed E-state index contributed by atoms with van der Waals surface area (Å²) < 4.78 is 5.38. The van der Waals surface area contributed by atoms with E-state index in [0.717, 1.165) is 12.1 Å². The van der Waals surface area contributed by atoms with Crippen molar-refractivity contribution in [2.45, 2.75) is 25.3 Å². The number of carbonyl (C=O) groups is 1. The van der Waals surface area contributed by atoms with Crippen LogP contribution in [-0.2, 0) is 4.79 Å². The summed E-state index contributed by atoms with van der Waals surface area (Å²) in [7, 11) is 0. The molecule has 0 bridgehead atoms. The SMILES string of the molecule is CC(N)(CCCOc1c(Cl)cc([N+](=O)[O-])cc1Cl)C(N)=O. The van der Waals surface area contributed by atoms with Gasteiger partial charge in [0.15, 0.2) is 5.75 Å². The number of nitrogens with zero attached hydrogens (tertiary/aromatic N) is 1. The lowest BCUT2D eigenvalue weighted by molar-refractivity contribution is -0.384. The van der Waals surface area contributed by atoms with Gasteiger partial charge < -0.3 is 16.2 Å². The smallest absolute Gasteiger partial charge is 0.272 e. The van der Waals surface area contributed by atoms with E-state index in [1.165, 1.54) is 6.92 Å². The Morgan fingerprint density at radius 2 is 1.95 bits per heavy atom. The van der Waals surface area contributed by atoms with Gasteiger partial charge in [0.05, 0.1) is 27.1 Å². The molecule has 116 valence electrons. The summed E-state index contributed by atoms with van der Waals surface area (Å²) in [4.78, 5) is 21.1. The highest BCUT2D eigenvalue weighted by Crippen LogP contribution is 2.36. The largest absolute Gasteiger partial charge is 0.490 e. The molecular weight excluding hydrogens is 321 g/mol. The average Bonchev–Trinajstić information content (AvgIpc) is 2.36. The van der Waals surface area contributed by atoms with E-state index < -0.39 is 16.4 Å². The van der Waals surface area contributed by atoms with Gasteiger partial charge in [-0.05, 0) is 19.8 Å². The first kappa shape index (κ1) is 17.5. The van der Waals surface area contributed by atoms with Gasteiger partial charge in [-0.1, -0.05) is 23.2 Å².